The zero-order valence-corrected chi connectivity index (χ0v) is 14.8. The molecule has 0 saturated carbocycles. The molecule has 0 unspecified atom stereocenters. The lowest BCUT2D eigenvalue weighted by atomic mass is 10.1. The van der Waals surface area contributed by atoms with Crippen molar-refractivity contribution >= 4 is 9.84 Å². The van der Waals surface area contributed by atoms with Gasteiger partial charge in [0.15, 0.2) is 9.84 Å². The summed E-state index contributed by atoms with van der Waals surface area (Å²) < 4.78 is 35.0. The Morgan fingerprint density at radius 3 is 2.56 bits per heavy atom. The number of ether oxygens (including phenoxy) is 1. The van der Waals surface area contributed by atoms with E-state index >= 15 is 0 Å². The van der Waals surface area contributed by atoms with Crippen molar-refractivity contribution in [1.29, 1.82) is 0 Å². The maximum Gasteiger partial charge on any atom is 0.242 e. The molecule has 0 saturated heterocycles. The van der Waals surface area contributed by atoms with E-state index in [4.69, 9.17) is 9.26 Å². The second-order valence-electron chi connectivity index (χ2n) is 5.71. The van der Waals surface area contributed by atoms with Gasteiger partial charge in [0.2, 0.25) is 11.7 Å². The number of hydrogen-bond acceptors (Lipinski definition) is 6. The van der Waals surface area contributed by atoms with Crippen molar-refractivity contribution in [2.45, 2.75) is 18.4 Å². The van der Waals surface area contributed by atoms with Crippen LogP contribution in [0.25, 0.3) is 11.4 Å². The van der Waals surface area contributed by atoms with Gasteiger partial charge in [0.05, 0.1) is 12.9 Å². The van der Waals surface area contributed by atoms with Crippen molar-refractivity contribution in [3.05, 3.63) is 65.5 Å². The molecule has 3 rings (SSSR count). The Balaban J connectivity index is 1.77. The number of rotatable bonds is 6. The molecule has 1 heterocycles. The van der Waals surface area contributed by atoms with Gasteiger partial charge in [-0.2, -0.15) is 4.98 Å². The SMILES string of the molecule is COc1cc(-c2noc(CS(=O)(=O)Cc3ccccc3)n2)ccc1C. The van der Waals surface area contributed by atoms with E-state index in [0.29, 0.717) is 17.1 Å². The monoisotopic (exact) mass is 358 g/mol. The number of methoxy groups -OCH3 is 1. The molecule has 0 aliphatic rings. The van der Waals surface area contributed by atoms with Gasteiger partial charge in [-0.3, -0.25) is 0 Å². The fourth-order valence-electron chi connectivity index (χ4n) is 2.46. The van der Waals surface area contributed by atoms with E-state index in [2.05, 4.69) is 10.1 Å². The van der Waals surface area contributed by atoms with Crippen LogP contribution in [0.4, 0.5) is 0 Å². The highest BCUT2D eigenvalue weighted by Crippen LogP contribution is 2.25. The minimum absolute atomic E-state index is 0.0656. The first kappa shape index (κ1) is 17.2. The van der Waals surface area contributed by atoms with Gasteiger partial charge in [0.1, 0.15) is 11.5 Å². The summed E-state index contributed by atoms with van der Waals surface area (Å²) in [6.07, 6.45) is 0. The van der Waals surface area contributed by atoms with Crippen LogP contribution in [0, 0.1) is 6.92 Å². The Morgan fingerprint density at radius 2 is 1.84 bits per heavy atom. The maximum atomic E-state index is 12.3. The molecular weight excluding hydrogens is 340 g/mol. The number of nitrogens with zero attached hydrogens (tertiary/aromatic N) is 2. The van der Waals surface area contributed by atoms with Gasteiger partial charge in [-0.15, -0.1) is 0 Å². The van der Waals surface area contributed by atoms with E-state index in [1.165, 1.54) is 0 Å². The molecule has 0 amide bonds. The Kier molecular flexibility index (Phi) is 4.85. The smallest absolute Gasteiger partial charge is 0.242 e. The summed E-state index contributed by atoms with van der Waals surface area (Å²) in [6.45, 7) is 1.93. The van der Waals surface area contributed by atoms with Crippen molar-refractivity contribution in [2.24, 2.45) is 0 Å². The van der Waals surface area contributed by atoms with E-state index in [9.17, 15) is 8.42 Å². The van der Waals surface area contributed by atoms with Gasteiger partial charge in [0.25, 0.3) is 0 Å². The van der Waals surface area contributed by atoms with Crippen LogP contribution < -0.4 is 4.74 Å². The molecule has 3 aromatic rings. The second kappa shape index (κ2) is 7.06. The van der Waals surface area contributed by atoms with Gasteiger partial charge in [-0.1, -0.05) is 47.6 Å². The zero-order chi connectivity index (χ0) is 17.9. The first-order chi connectivity index (χ1) is 12.0. The van der Waals surface area contributed by atoms with E-state index in [1.807, 2.05) is 25.1 Å². The molecule has 2 aromatic carbocycles. The van der Waals surface area contributed by atoms with Gasteiger partial charge >= 0.3 is 0 Å². The number of sulfone groups is 1. The molecule has 130 valence electrons. The maximum absolute atomic E-state index is 12.3. The second-order valence-corrected chi connectivity index (χ2v) is 7.78. The van der Waals surface area contributed by atoms with Crippen LogP contribution in [0.3, 0.4) is 0 Å². The lowest BCUT2D eigenvalue weighted by Gasteiger charge is -2.04. The van der Waals surface area contributed by atoms with Gasteiger partial charge < -0.3 is 9.26 Å². The normalized spacial score (nSPS) is 11.4. The lowest BCUT2D eigenvalue weighted by molar-refractivity contribution is 0.389. The highest BCUT2D eigenvalue weighted by atomic mass is 32.2. The van der Waals surface area contributed by atoms with Crippen molar-refractivity contribution in [1.82, 2.24) is 10.1 Å². The van der Waals surface area contributed by atoms with Crippen LogP contribution in [-0.4, -0.2) is 25.7 Å². The van der Waals surface area contributed by atoms with Gasteiger partial charge in [0, 0.05) is 5.56 Å². The predicted octanol–water partition coefficient (Wildman–Crippen LogP) is 3.17. The highest BCUT2D eigenvalue weighted by molar-refractivity contribution is 7.89. The molecule has 0 atom stereocenters. The van der Waals surface area contributed by atoms with Crippen LogP contribution in [0.1, 0.15) is 17.0 Å². The van der Waals surface area contributed by atoms with E-state index in [-0.39, 0.29) is 17.4 Å². The largest absolute Gasteiger partial charge is 0.496 e. The Labute approximate surface area is 146 Å². The summed E-state index contributed by atoms with van der Waals surface area (Å²) in [5, 5.41) is 3.88. The number of hydrogen-bond donors (Lipinski definition) is 0. The summed E-state index contributed by atoms with van der Waals surface area (Å²) in [4.78, 5) is 4.20. The lowest BCUT2D eigenvalue weighted by Crippen LogP contribution is -2.07. The molecule has 0 N–H and O–H groups in total. The molecular formula is C18H18N2O4S. The molecule has 0 fully saturated rings. The quantitative estimate of drug-likeness (QED) is 0.673. The topological polar surface area (TPSA) is 82.3 Å². The predicted molar refractivity (Wildman–Crippen MR) is 93.8 cm³/mol. The molecule has 6 nitrogen and oxygen atoms in total. The summed E-state index contributed by atoms with van der Waals surface area (Å²) in [6, 6.07) is 14.5. The minimum Gasteiger partial charge on any atom is -0.496 e. The Hall–Kier alpha value is -2.67. The van der Waals surface area contributed by atoms with Crippen LogP contribution in [0.2, 0.25) is 0 Å². The number of aromatic nitrogens is 2. The van der Waals surface area contributed by atoms with E-state index < -0.39 is 9.84 Å². The zero-order valence-electron chi connectivity index (χ0n) is 14.0. The highest BCUT2D eigenvalue weighted by Gasteiger charge is 2.19. The minimum atomic E-state index is -3.40. The first-order valence-corrected chi connectivity index (χ1v) is 9.51. The van der Waals surface area contributed by atoms with Crippen molar-refractivity contribution in [2.75, 3.05) is 7.11 Å². The van der Waals surface area contributed by atoms with Crippen molar-refractivity contribution in [3.8, 4) is 17.1 Å². The fourth-order valence-corrected chi connectivity index (χ4v) is 3.75. The summed E-state index contributed by atoms with van der Waals surface area (Å²) >= 11 is 0. The third-order valence-electron chi connectivity index (χ3n) is 3.71. The van der Waals surface area contributed by atoms with Crippen LogP contribution >= 0.6 is 0 Å². The molecule has 7 heteroatoms. The molecule has 0 bridgehead atoms. The first-order valence-electron chi connectivity index (χ1n) is 7.69. The number of aryl methyl sites for hydroxylation is 1. The summed E-state index contributed by atoms with van der Waals surface area (Å²) in [5.74, 6) is 0.760. The summed E-state index contributed by atoms with van der Waals surface area (Å²) in [7, 11) is -1.81. The Morgan fingerprint density at radius 1 is 1.08 bits per heavy atom. The third-order valence-corrected chi connectivity index (χ3v) is 5.17. The fraction of sp³-hybridized carbons (Fsp3) is 0.222. The average Bonchev–Trinajstić information content (AvgIpc) is 3.03. The average molecular weight is 358 g/mol. The van der Waals surface area contributed by atoms with Crippen LogP contribution in [0.15, 0.2) is 53.1 Å². The molecule has 1 aromatic heterocycles. The molecule has 25 heavy (non-hydrogen) atoms. The molecule has 0 spiro atoms. The van der Waals surface area contributed by atoms with E-state index in [1.54, 1.807) is 37.4 Å². The standard InChI is InChI=1S/C18H18N2O4S/c1-13-8-9-15(10-16(13)23-2)18-19-17(24-20-18)12-25(21,22)11-14-6-4-3-5-7-14/h3-10H,11-12H2,1-2H3. The van der Waals surface area contributed by atoms with Crippen LogP contribution in [-0.2, 0) is 21.3 Å². The molecule has 0 aliphatic heterocycles. The number of benzene rings is 2. The Bertz CT molecular complexity index is 966. The van der Waals surface area contributed by atoms with E-state index in [0.717, 1.165) is 11.1 Å². The van der Waals surface area contributed by atoms with Gasteiger partial charge in [-0.05, 0) is 24.1 Å². The molecule has 0 aliphatic carbocycles. The van der Waals surface area contributed by atoms with Crippen LogP contribution in [0.5, 0.6) is 5.75 Å². The third kappa shape index (κ3) is 4.24. The summed E-state index contributed by atoms with van der Waals surface area (Å²) in [5.41, 5.74) is 2.42. The van der Waals surface area contributed by atoms with Crippen molar-refractivity contribution in [3.63, 3.8) is 0 Å². The van der Waals surface area contributed by atoms with Crippen molar-refractivity contribution < 1.29 is 17.7 Å². The molecule has 0 radical (unpaired) electrons. The van der Waals surface area contributed by atoms with Gasteiger partial charge in [-0.25, -0.2) is 8.42 Å².